The standard InChI is InChI=1S/C21H19ClN4O2S/c1-13-8-19-24-25-21(26(19)18-10-16(28-2)6-7-17(13)18)29-12-20(27)23-11-14-4-3-5-15(22)9-14/h3-10H,11-12H2,1-2H3,(H,23,27). The van der Waals surface area contributed by atoms with Gasteiger partial charge in [0.2, 0.25) is 5.91 Å². The number of thioether (sulfide) groups is 1. The van der Waals surface area contributed by atoms with Crippen molar-refractivity contribution in [1.29, 1.82) is 0 Å². The maximum absolute atomic E-state index is 12.3. The molecule has 0 aliphatic heterocycles. The van der Waals surface area contributed by atoms with Crippen LogP contribution in [0.5, 0.6) is 5.75 Å². The van der Waals surface area contributed by atoms with E-state index in [-0.39, 0.29) is 11.7 Å². The quantitative estimate of drug-likeness (QED) is 0.466. The van der Waals surface area contributed by atoms with Gasteiger partial charge in [-0.05, 0) is 48.4 Å². The van der Waals surface area contributed by atoms with Crippen LogP contribution in [0.3, 0.4) is 0 Å². The van der Waals surface area contributed by atoms with Crippen molar-refractivity contribution in [3.05, 3.63) is 64.7 Å². The van der Waals surface area contributed by atoms with Gasteiger partial charge in [0.05, 0.1) is 18.4 Å². The Balaban J connectivity index is 1.53. The van der Waals surface area contributed by atoms with Gasteiger partial charge < -0.3 is 10.1 Å². The van der Waals surface area contributed by atoms with Crippen molar-refractivity contribution in [2.24, 2.45) is 0 Å². The lowest BCUT2D eigenvalue weighted by molar-refractivity contribution is -0.118. The van der Waals surface area contributed by atoms with Gasteiger partial charge in [0, 0.05) is 23.0 Å². The average molecular weight is 427 g/mol. The van der Waals surface area contributed by atoms with E-state index >= 15 is 0 Å². The minimum absolute atomic E-state index is 0.0827. The van der Waals surface area contributed by atoms with E-state index in [1.165, 1.54) is 11.8 Å². The molecule has 2 aromatic carbocycles. The number of ether oxygens (including phenoxy) is 1. The number of carbonyl (C=O) groups excluding carboxylic acids is 1. The number of pyridine rings is 1. The molecule has 1 N–H and O–H groups in total. The molecular weight excluding hydrogens is 408 g/mol. The summed E-state index contributed by atoms with van der Waals surface area (Å²) in [5.74, 6) is 0.912. The number of fused-ring (bicyclic) bond motifs is 3. The molecule has 0 fully saturated rings. The lowest BCUT2D eigenvalue weighted by Gasteiger charge is -2.09. The predicted octanol–water partition coefficient (Wildman–Crippen LogP) is 4.26. The van der Waals surface area contributed by atoms with E-state index < -0.39 is 0 Å². The highest BCUT2D eigenvalue weighted by molar-refractivity contribution is 7.99. The van der Waals surface area contributed by atoms with Gasteiger partial charge in [0.1, 0.15) is 5.75 Å². The summed E-state index contributed by atoms with van der Waals surface area (Å²) < 4.78 is 7.33. The Hall–Kier alpha value is -2.77. The molecule has 4 rings (SSSR count). The molecule has 0 atom stereocenters. The number of carbonyl (C=O) groups is 1. The number of nitrogens with zero attached hydrogens (tertiary/aromatic N) is 3. The van der Waals surface area contributed by atoms with E-state index in [0.29, 0.717) is 16.7 Å². The number of aryl methyl sites for hydroxylation is 1. The smallest absolute Gasteiger partial charge is 0.230 e. The minimum Gasteiger partial charge on any atom is -0.497 e. The first-order valence-corrected chi connectivity index (χ1v) is 10.4. The summed E-state index contributed by atoms with van der Waals surface area (Å²) in [7, 11) is 1.64. The molecule has 0 saturated carbocycles. The predicted molar refractivity (Wildman–Crippen MR) is 116 cm³/mol. The van der Waals surface area contributed by atoms with Crippen LogP contribution in [0.1, 0.15) is 11.1 Å². The second-order valence-corrected chi connectivity index (χ2v) is 7.96. The van der Waals surface area contributed by atoms with Crippen molar-refractivity contribution in [1.82, 2.24) is 19.9 Å². The van der Waals surface area contributed by atoms with E-state index in [2.05, 4.69) is 15.5 Å². The van der Waals surface area contributed by atoms with Gasteiger partial charge in [-0.25, -0.2) is 0 Å². The van der Waals surface area contributed by atoms with Crippen molar-refractivity contribution in [2.45, 2.75) is 18.6 Å². The number of rotatable bonds is 6. The van der Waals surface area contributed by atoms with Crippen LogP contribution >= 0.6 is 23.4 Å². The number of aromatic nitrogens is 3. The van der Waals surface area contributed by atoms with Gasteiger partial charge in [-0.3, -0.25) is 9.20 Å². The Morgan fingerprint density at radius 1 is 1.21 bits per heavy atom. The van der Waals surface area contributed by atoms with E-state index in [1.54, 1.807) is 13.2 Å². The van der Waals surface area contributed by atoms with Gasteiger partial charge in [-0.2, -0.15) is 0 Å². The molecule has 1 amide bonds. The lowest BCUT2D eigenvalue weighted by Crippen LogP contribution is -2.24. The normalized spacial score (nSPS) is 11.1. The molecule has 6 nitrogen and oxygen atoms in total. The molecule has 29 heavy (non-hydrogen) atoms. The zero-order valence-corrected chi connectivity index (χ0v) is 17.5. The van der Waals surface area contributed by atoms with Crippen molar-refractivity contribution >= 4 is 45.8 Å². The van der Waals surface area contributed by atoms with Crippen molar-refractivity contribution in [3.63, 3.8) is 0 Å². The van der Waals surface area contributed by atoms with Crippen LogP contribution in [0, 0.1) is 6.92 Å². The van der Waals surface area contributed by atoms with E-state index in [1.807, 2.05) is 53.8 Å². The molecule has 0 saturated heterocycles. The molecule has 0 radical (unpaired) electrons. The maximum atomic E-state index is 12.3. The molecule has 2 heterocycles. The van der Waals surface area contributed by atoms with Crippen molar-refractivity contribution < 1.29 is 9.53 Å². The number of hydrogen-bond acceptors (Lipinski definition) is 5. The number of amides is 1. The Bertz CT molecular complexity index is 1210. The van der Waals surface area contributed by atoms with Crippen LogP contribution < -0.4 is 10.1 Å². The van der Waals surface area contributed by atoms with Crippen molar-refractivity contribution in [3.8, 4) is 5.75 Å². The van der Waals surface area contributed by atoms with Gasteiger partial charge in [-0.1, -0.05) is 35.5 Å². The number of benzene rings is 2. The lowest BCUT2D eigenvalue weighted by atomic mass is 10.1. The molecule has 0 spiro atoms. The van der Waals surface area contributed by atoms with Crippen LogP contribution in [0.15, 0.2) is 53.7 Å². The first-order valence-electron chi connectivity index (χ1n) is 9.01. The Kier molecular flexibility index (Phi) is 5.60. The highest BCUT2D eigenvalue weighted by Gasteiger charge is 2.14. The van der Waals surface area contributed by atoms with Crippen LogP contribution in [-0.2, 0) is 11.3 Å². The van der Waals surface area contributed by atoms with Crippen LogP contribution in [0.25, 0.3) is 16.6 Å². The third-order valence-corrected chi connectivity index (χ3v) is 5.75. The second-order valence-electron chi connectivity index (χ2n) is 6.58. The topological polar surface area (TPSA) is 68.5 Å². The SMILES string of the molecule is COc1ccc2c(C)cc3nnc(SCC(=O)NCc4cccc(Cl)c4)n3c2c1. The van der Waals surface area contributed by atoms with Crippen LogP contribution in [0.4, 0.5) is 0 Å². The summed E-state index contributed by atoms with van der Waals surface area (Å²) >= 11 is 7.33. The fourth-order valence-corrected chi connectivity index (χ4v) is 4.15. The summed E-state index contributed by atoms with van der Waals surface area (Å²) in [6.07, 6.45) is 0. The fourth-order valence-electron chi connectivity index (χ4n) is 3.15. The Morgan fingerprint density at radius 2 is 2.07 bits per heavy atom. The molecule has 148 valence electrons. The summed E-state index contributed by atoms with van der Waals surface area (Å²) in [6, 6.07) is 15.3. The fraction of sp³-hybridized carbons (Fsp3) is 0.190. The number of halogens is 1. The third kappa shape index (κ3) is 4.16. The molecule has 0 aliphatic rings. The first-order chi connectivity index (χ1) is 14.0. The van der Waals surface area contributed by atoms with Crippen molar-refractivity contribution in [2.75, 3.05) is 12.9 Å². The summed E-state index contributed by atoms with van der Waals surface area (Å²) in [6.45, 7) is 2.47. The number of nitrogens with one attached hydrogen (secondary N) is 1. The van der Waals surface area contributed by atoms with Gasteiger partial charge in [0.25, 0.3) is 0 Å². The second kappa shape index (κ2) is 8.31. The molecule has 0 bridgehead atoms. The Morgan fingerprint density at radius 3 is 2.86 bits per heavy atom. The van der Waals surface area contributed by atoms with E-state index in [4.69, 9.17) is 16.3 Å². The maximum Gasteiger partial charge on any atom is 0.230 e. The zero-order valence-electron chi connectivity index (χ0n) is 16.0. The first kappa shape index (κ1) is 19.5. The molecule has 8 heteroatoms. The molecule has 4 aromatic rings. The minimum atomic E-state index is -0.0827. The van der Waals surface area contributed by atoms with E-state index in [0.717, 1.165) is 33.4 Å². The number of hydrogen-bond donors (Lipinski definition) is 1. The number of methoxy groups -OCH3 is 1. The highest BCUT2D eigenvalue weighted by Crippen LogP contribution is 2.28. The summed E-state index contributed by atoms with van der Waals surface area (Å²) in [4.78, 5) is 12.3. The summed E-state index contributed by atoms with van der Waals surface area (Å²) in [5.41, 5.74) is 3.76. The molecular formula is C21H19ClN4O2S. The van der Waals surface area contributed by atoms with Gasteiger partial charge in [0.15, 0.2) is 10.8 Å². The van der Waals surface area contributed by atoms with Gasteiger partial charge in [-0.15, -0.1) is 10.2 Å². The van der Waals surface area contributed by atoms with E-state index in [9.17, 15) is 4.79 Å². The average Bonchev–Trinajstić information content (AvgIpc) is 3.13. The Labute approximate surface area is 177 Å². The third-order valence-electron chi connectivity index (χ3n) is 4.59. The molecule has 0 unspecified atom stereocenters. The van der Waals surface area contributed by atoms with Crippen LogP contribution in [-0.4, -0.2) is 33.4 Å². The molecule has 2 aromatic heterocycles. The van der Waals surface area contributed by atoms with Crippen LogP contribution in [0.2, 0.25) is 5.02 Å². The highest BCUT2D eigenvalue weighted by atomic mass is 35.5. The zero-order chi connectivity index (χ0) is 20.4. The monoisotopic (exact) mass is 426 g/mol. The summed E-state index contributed by atoms with van der Waals surface area (Å²) in [5, 5.41) is 13.9. The molecule has 0 aliphatic carbocycles. The van der Waals surface area contributed by atoms with Gasteiger partial charge >= 0.3 is 0 Å². The largest absolute Gasteiger partial charge is 0.497 e.